The zero-order valence-electron chi connectivity index (χ0n) is 16.3. The van der Waals surface area contributed by atoms with Gasteiger partial charge < -0.3 is 9.64 Å². The molecule has 0 aromatic carbocycles. The zero-order valence-corrected chi connectivity index (χ0v) is 16.3. The van der Waals surface area contributed by atoms with Crippen LogP contribution in [0.15, 0.2) is 12.1 Å². The van der Waals surface area contributed by atoms with Crippen LogP contribution in [0, 0.1) is 18.8 Å². The second-order valence-corrected chi connectivity index (χ2v) is 8.04. The van der Waals surface area contributed by atoms with Gasteiger partial charge in [-0.25, -0.2) is 0 Å². The first-order chi connectivity index (χ1) is 12.7. The second-order valence-electron chi connectivity index (χ2n) is 8.04. The number of aryl methyl sites for hydroxylation is 1. The summed E-state index contributed by atoms with van der Waals surface area (Å²) in [6.07, 6.45) is 10.5. The molecule has 2 heterocycles. The first-order valence-electron chi connectivity index (χ1n) is 10.4. The van der Waals surface area contributed by atoms with Crippen molar-refractivity contribution in [2.24, 2.45) is 11.8 Å². The first-order valence-corrected chi connectivity index (χ1v) is 10.4. The summed E-state index contributed by atoms with van der Waals surface area (Å²) in [7, 11) is 0. The van der Waals surface area contributed by atoms with Crippen molar-refractivity contribution in [3.8, 4) is 5.88 Å². The number of rotatable bonds is 6. The van der Waals surface area contributed by atoms with Gasteiger partial charge in [0.05, 0.1) is 12.2 Å². The summed E-state index contributed by atoms with van der Waals surface area (Å²) >= 11 is 0. The molecule has 0 radical (unpaired) electrons. The third kappa shape index (κ3) is 5.18. The quantitative estimate of drug-likeness (QED) is 0.765. The first kappa shape index (κ1) is 19.1. The number of carbonyl (C=O) groups excluding carboxylic acids is 1. The molecule has 144 valence electrons. The number of hydrogen-bond donors (Lipinski definition) is 0. The van der Waals surface area contributed by atoms with Gasteiger partial charge in [0, 0.05) is 18.5 Å². The maximum Gasteiger partial charge on any atom is 0.233 e. The molecule has 1 saturated heterocycles. The molecule has 0 spiro atoms. The molecule has 0 bridgehead atoms. The summed E-state index contributed by atoms with van der Waals surface area (Å²) in [6.45, 7) is 5.72. The predicted molar refractivity (Wildman–Crippen MR) is 102 cm³/mol. The van der Waals surface area contributed by atoms with Gasteiger partial charge in [-0.05, 0) is 57.4 Å². The van der Waals surface area contributed by atoms with Crippen LogP contribution in [-0.4, -0.2) is 40.2 Å². The van der Waals surface area contributed by atoms with Crippen LogP contribution in [0.25, 0.3) is 0 Å². The molecule has 1 aromatic rings. The fourth-order valence-corrected chi connectivity index (χ4v) is 4.30. The van der Waals surface area contributed by atoms with Crippen molar-refractivity contribution >= 4 is 5.91 Å². The number of carbonyl (C=O) groups is 1. The van der Waals surface area contributed by atoms with Crippen molar-refractivity contribution in [3.05, 3.63) is 17.8 Å². The van der Waals surface area contributed by atoms with Gasteiger partial charge in [-0.15, -0.1) is 5.10 Å². The molecule has 5 nitrogen and oxygen atoms in total. The standard InChI is InChI=1S/C21H33N3O2/c1-3-4-6-17-9-11-18(12-10-17)21(25)24-14-5-7-19(15-24)26-20-13-8-16(2)22-23-20/h8,13,17-19H,3-7,9-12,14-15H2,1-2H3. The lowest BCUT2D eigenvalue weighted by Crippen LogP contribution is -2.47. The lowest BCUT2D eigenvalue weighted by molar-refractivity contribution is -0.139. The van der Waals surface area contributed by atoms with Gasteiger partial charge in [0.1, 0.15) is 6.10 Å². The van der Waals surface area contributed by atoms with E-state index in [2.05, 4.69) is 17.1 Å². The molecule has 1 aromatic heterocycles. The van der Waals surface area contributed by atoms with E-state index in [4.69, 9.17) is 4.74 Å². The SMILES string of the molecule is CCCCC1CCC(C(=O)N2CCCC(Oc3ccc(C)nn3)C2)CC1. The minimum Gasteiger partial charge on any atom is -0.471 e. The fraction of sp³-hybridized carbons (Fsp3) is 0.762. The highest BCUT2D eigenvalue weighted by Gasteiger charge is 2.32. The molecule has 3 rings (SSSR count). The summed E-state index contributed by atoms with van der Waals surface area (Å²) in [4.78, 5) is 15.0. The molecule has 1 saturated carbocycles. The van der Waals surface area contributed by atoms with Crippen molar-refractivity contribution in [1.82, 2.24) is 15.1 Å². The lowest BCUT2D eigenvalue weighted by atomic mass is 9.79. The summed E-state index contributed by atoms with van der Waals surface area (Å²) in [5, 5.41) is 8.13. The van der Waals surface area contributed by atoms with Crippen LogP contribution in [-0.2, 0) is 4.79 Å². The Balaban J connectivity index is 1.48. The summed E-state index contributed by atoms with van der Waals surface area (Å²) in [5.74, 6) is 1.98. The van der Waals surface area contributed by atoms with Crippen LogP contribution in [0.5, 0.6) is 5.88 Å². The van der Waals surface area contributed by atoms with Gasteiger partial charge in [-0.1, -0.05) is 26.2 Å². The number of ether oxygens (including phenoxy) is 1. The number of amides is 1. The molecule has 1 aliphatic carbocycles. The van der Waals surface area contributed by atoms with Crippen LogP contribution in [0.3, 0.4) is 0 Å². The third-order valence-electron chi connectivity index (χ3n) is 5.91. The molecule has 1 aliphatic heterocycles. The molecular weight excluding hydrogens is 326 g/mol. The molecule has 1 amide bonds. The molecule has 1 atom stereocenters. The van der Waals surface area contributed by atoms with Crippen molar-refractivity contribution < 1.29 is 9.53 Å². The van der Waals surface area contributed by atoms with Crippen LogP contribution in [0.4, 0.5) is 0 Å². The normalized spacial score (nSPS) is 26.5. The van der Waals surface area contributed by atoms with Gasteiger partial charge >= 0.3 is 0 Å². The van der Waals surface area contributed by atoms with E-state index >= 15 is 0 Å². The molecule has 26 heavy (non-hydrogen) atoms. The topological polar surface area (TPSA) is 55.3 Å². The van der Waals surface area contributed by atoms with E-state index in [0.29, 0.717) is 18.3 Å². The van der Waals surface area contributed by atoms with Crippen LogP contribution in [0.2, 0.25) is 0 Å². The van der Waals surface area contributed by atoms with E-state index in [-0.39, 0.29) is 12.0 Å². The Labute approximate surface area is 157 Å². The fourth-order valence-electron chi connectivity index (χ4n) is 4.30. The third-order valence-corrected chi connectivity index (χ3v) is 5.91. The molecular formula is C21H33N3O2. The number of hydrogen-bond acceptors (Lipinski definition) is 4. The van der Waals surface area contributed by atoms with E-state index in [1.165, 1.54) is 32.1 Å². The number of aromatic nitrogens is 2. The Bertz CT molecular complexity index is 567. The van der Waals surface area contributed by atoms with Gasteiger partial charge in [0.2, 0.25) is 11.8 Å². The average molecular weight is 360 g/mol. The maximum atomic E-state index is 13.0. The number of piperidine rings is 1. The van der Waals surface area contributed by atoms with Gasteiger partial charge in [0.15, 0.2) is 0 Å². The van der Waals surface area contributed by atoms with Crippen molar-refractivity contribution in [2.45, 2.75) is 77.7 Å². The van der Waals surface area contributed by atoms with Crippen molar-refractivity contribution in [3.63, 3.8) is 0 Å². The van der Waals surface area contributed by atoms with Crippen LogP contribution >= 0.6 is 0 Å². The Hall–Kier alpha value is -1.65. The highest BCUT2D eigenvalue weighted by molar-refractivity contribution is 5.79. The predicted octanol–water partition coefficient (Wildman–Crippen LogP) is 4.15. The zero-order chi connectivity index (χ0) is 18.4. The number of nitrogens with zero attached hydrogens (tertiary/aromatic N) is 3. The summed E-state index contributed by atoms with van der Waals surface area (Å²) in [5.41, 5.74) is 0.882. The van der Waals surface area contributed by atoms with E-state index in [1.54, 1.807) is 0 Å². The number of unbranched alkanes of at least 4 members (excludes halogenated alkanes) is 1. The minimum atomic E-state index is 0.0330. The minimum absolute atomic E-state index is 0.0330. The second kappa shape index (κ2) is 9.33. The average Bonchev–Trinajstić information content (AvgIpc) is 2.68. The molecule has 2 fully saturated rings. The largest absolute Gasteiger partial charge is 0.471 e. The van der Waals surface area contributed by atoms with Crippen LogP contribution < -0.4 is 4.74 Å². The van der Waals surface area contributed by atoms with Crippen molar-refractivity contribution in [2.75, 3.05) is 13.1 Å². The molecule has 5 heteroatoms. The van der Waals surface area contributed by atoms with E-state index < -0.39 is 0 Å². The Morgan fingerprint density at radius 1 is 1.19 bits per heavy atom. The molecule has 1 unspecified atom stereocenters. The highest BCUT2D eigenvalue weighted by atomic mass is 16.5. The molecule has 0 N–H and O–H groups in total. The number of likely N-dealkylation sites (tertiary alicyclic amines) is 1. The Morgan fingerprint density at radius 2 is 2.00 bits per heavy atom. The van der Waals surface area contributed by atoms with Crippen molar-refractivity contribution in [1.29, 1.82) is 0 Å². The highest BCUT2D eigenvalue weighted by Crippen LogP contribution is 2.33. The Kier molecular flexibility index (Phi) is 6.86. The summed E-state index contributed by atoms with van der Waals surface area (Å²) < 4.78 is 5.97. The Morgan fingerprint density at radius 3 is 2.69 bits per heavy atom. The van der Waals surface area contributed by atoms with Crippen LogP contribution in [0.1, 0.15) is 70.4 Å². The smallest absolute Gasteiger partial charge is 0.233 e. The lowest BCUT2D eigenvalue weighted by Gasteiger charge is -2.36. The van der Waals surface area contributed by atoms with E-state index in [1.807, 2.05) is 24.0 Å². The van der Waals surface area contributed by atoms with Gasteiger partial charge in [-0.2, -0.15) is 5.10 Å². The maximum absolute atomic E-state index is 13.0. The van der Waals surface area contributed by atoms with E-state index in [0.717, 1.165) is 43.8 Å². The molecule has 2 aliphatic rings. The van der Waals surface area contributed by atoms with Gasteiger partial charge in [-0.3, -0.25) is 4.79 Å². The monoisotopic (exact) mass is 359 g/mol. The van der Waals surface area contributed by atoms with E-state index in [9.17, 15) is 4.79 Å². The van der Waals surface area contributed by atoms with Gasteiger partial charge in [0.25, 0.3) is 0 Å². The summed E-state index contributed by atoms with van der Waals surface area (Å²) in [6, 6.07) is 3.77.